The highest BCUT2D eigenvalue weighted by atomic mass is 79.9. The molecule has 0 saturated heterocycles. The van der Waals surface area contributed by atoms with Crippen molar-refractivity contribution >= 4 is 43.2 Å². The summed E-state index contributed by atoms with van der Waals surface area (Å²) >= 11 is 8.96. The van der Waals surface area contributed by atoms with Crippen molar-refractivity contribution in [3.63, 3.8) is 0 Å². The maximum atomic E-state index is 13.1. The molecule has 20 heavy (non-hydrogen) atoms. The minimum Gasteiger partial charge on any atom is -0.313 e. The van der Waals surface area contributed by atoms with Gasteiger partial charge in [-0.05, 0) is 35.0 Å². The molecule has 8 heteroatoms. The number of benzene rings is 1. The summed E-state index contributed by atoms with van der Waals surface area (Å²) in [7, 11) is -3.62. The number of sulfonamides is 1. The summed E-state index contributed by atoms with van der Waals surface area (Å²) in [6.07, 6.45) is 0. The number of nitrogens with one attached hydrogen (secondary N) is 2. The Labute approximate surface area is 132 Å². The lowest BCUT2D eigenvalue weighted by atomic mass is 10.3. The zero-order chi connectivity index (χ0) is 15.5. The molecule has 1 aromatic carbocycles. The molecule has 0 aliphatic heterocycles. The fourth-order valence-electron chi connectivity index (χ4n) is 1.39. The van der Waals surface area contributed by atoms with Crippen LogP contribution in [0.3, 0.4) is 0 Å². The maximum absolute atomic E-state index is 13.1. The van der Waals surface area contributed by atoms with E-state index >= 15 is 0 Å². The third kappa shape index (κ3) is 4.87. The number of rotatable bonds is 6. The summed E-state index contributed by atoms with van der Waals surface area (Å²) in [4.78, 5) is 0. The summed E-state index contributed by atoms with van der Waals surface area (Å²) in [5, 5.41) is 2.40. The molecule has 4 nitrogen and oxygen atoms in total. The van der Waals surface area contributed by atoms with Gasteiger partial charge in [-0.1, -0.05) is 25.4 Å². The number of hydrogen-bond donors (Lipinski definition) is 2. The molecule has 0 spiro atoms. The van der Waals surface area contributed by atoms with Crippen molar-refractivity contribution in [3.05, 3.63) is 27.4 Å². The van der Waals surface area contributed by atoms with Gasteiger partial charge in [0.25, 0.3) is 0 Å². The molecule has 1 rings (SSSR count). The molecule has 1 aromatic rings. The van der Waals surface area contributed by atoms with Crippen molar-refractivity contribution in [3.8, 4) is 0 Å². The van der Waals surface area contributed by atoms with E-state index in [0.717, 1.165) is 12.1 Å². The van der Waals surface area contributed by atoms with Crippen LogP contribution in [0.1, 0.15) is 20.8 Å². The second kappa shape index (κ2) is 7.06. The molecule has 2 N–H and O–H groups in total. The first-order chi connectivity index (χ1) is 9.13. The molecule has 0 heterocycles. The van der Waals surface area contributed by atoms with Gasteiger partial charge in [0.15, 0.2) is 0 Å². The van der Waals surface area contributed by atoms with Gasteiger partial charge in [-0.2, -0.15) is 0 Å². The van der Waals surface area contributed by atoms with E-state index in [1.54, 1.807) is 6.92 Å². The largest absolute Gasteiger partial charge is 0.313 e. The van der Waals surface area contributed by atoms with Crippen LogP contribution in [0, 0.1) is 5.82 Å². The van der Waals surface area contributed by atoms with E-state index in [1.807, 2.05) is 13.8 Å². The SMILES string of the molecule is CC(C)NCC(C)S(=O)(=O)Nc1c(Cl)cc(F)cc1Br. The van der Waals surface area contributed by atoms with Gasteiger partial charge in [0, 0.05) is 17.1 Å². The van der Waals surface area contributed by atoms with Crippen molar-refractivity contribution in [1.82, 2.24) is 5.32 Å². The van der Waals surface area contributed by atoms with Crippen molar-refractivity contribution in [2.45, 2.75) is 32.1 Å². The van der Waals surface area contributed by atoms with Crippen LogP contribution < -0.4 is 10.0 Å². The third-order valence-corrected chi connectivity index (χ3v) is 5.23. The van der Waals surface area contributed by atoms with Gasteiger partial charge in [0.1, 0.15) is 5.82 Å². The molecular weight excluding hydrogens is 371 g/mol. The number of halogens is 3. The van der Waals surface area contributed by atoms with E-state index in [-0.39, 0.29) is 21.2 Å². The Morgan fingerprint density at radius 3 is 2.45 bits per heavy atom. The Kier molecular flexibility index (Phi) is 6.25. The second-order valence-electron chi connectivity index (χ2n) is 4.77. The molecule has 0 radical (unpaired) electrons. The summed E-state index contributed by atoms with van der Waals surface area (Å²) in [5.41, 5.74) is 0.143. The Bertz CT molecular complexity index is 558. The van der Waals surface area contributed by atoms with Gasteiger partial charge in [-0.3, -0.25) is 4.72 Å². The Morgan fingerprint density at radius 1 is 1.35 bits per heavy atom. The van der Waals surface area contributed by atoms with Crippen molar-refractivity contribution < 1.29 is 12.8 Å². The molecule has 0 saturated carbocycles. The molecule has 0 bridgehead atoms. The summed E-state index contributed by atoms with van der Waals surface area (Å²) in [6, 6.07) is 2.40. The lowest BCUT2D eigenvalue weighted by Crippen LogP contribution is -2.37. The van der Waals surface area contributed by atoms with Gasteiger partial charge in [0.2, 0.25) is 10.0 Å². The predicted molar refractivity (Wildman–Crippen MR) is 84.3 cm³/mol. The van der Waals surface area contributed by atoms with E-state index in [2.05, 4.69) is 26.0 Å². The topological polar surface area (TPSA) is 58.2 Å². The van der Waals surface area contributed by atoms with E-state index in [0.29, 0.717) is 6.54 Å². The molecule has 0 amide bonds. The normalized spacial score (nSPS) is 13.6. The molecule has 1 atom stereocenters. The highest BCUT2D eigenvalue weighted by molar-refractivity contribution is 9.10. The van der Waals surface area contributed by atoms with Gasteiger partial charge in [-0.15, -0.1) is 0 Å². The van der Waals surface area contributed by atoms with Crippen LogP contribution in [-0.4, -0.2) is 26.3 Å². The quantitative estimate of drug-likeness (QED) is 0.787. The van der Waals surface area contributed by atoms with E-state index in [1.165, 1.54) is 0 Å². The molecular formula is C12H17BrClFN2O2S. The average Bonchev–Trinajstić information content (AvgIpc) is 2.30. The Balaban J connectivity index is 2.91. The van der Waals surface area contributed by atoms with E-state index in [4.69, 9.17) is 11.6 Å². The summed E-state index contributed by atoms with van der Waals surface area (Å²) < 4.78 is 40.1. The smallest absolute Gasteiger partial charge is 0.236 e. The van der Waals surface area contributed by atoms with Gasteiger partial charge < -0.3 is 5.32 Å². The van der Waals surface area contributed by atoms with E-state index < -0.39 is 21.1 Å². The van der Waals surface area contributed by atoms with Gasteiger partial charge >= 0.3 is 0 Å². The monoisotopic (exact) mass is 386 g/mol. The van der Waals surface area contributed by atoms with Crippen LogP contribution in [0.15, 0.2) is 16.6 Å². The first-order valence-corrected chi connectivity index (χ1v) is 8.74. The molecule has 1 unspecified atom stereocenters. The molecule has 0 fully saturated rings. The van der Waals surface area contributed by atoms with Crippen LogP contribution in [0.4, 0.5) is 10.1 Å². The minimum absolute atomic E-state index is 0.00414. The van der Waals surface area contributed by atoms with Crippen LogP contribution in [0.25, 0.3) is 0 Å². The summed E-state index contributed by atoms with van der Waals surface area (Å²) in [6.45, 7) is 5.76. The summed E-state index contributed by atoms with van der Waals surface area (Å²) in [5.74, 6) is -0.542. The first-order valence-electron chi connectivity index (χ1n) is 6.03. The zero-order valence-electron chi connectivity index (χ0n) is 11.4. The van der Waals surface area contributed by atoms with Crippen molar-refractivity contribution in [2.75, 3.05) is 11.3 Å². The zero-order valence-corrected chi connectivity index (χ0v) is 14.5. The van der Waals surface area contributed by atoms with Crippen LogP contribution in [0.5, 0.6) is 0 Å². The molecule has 0 aliphatic carbocycles. The Morgan fingerprint density at radius 2 is 1.95 bits per heavy atom. The van der Waals surface area contributed by atoms with E-state index in [9.17, 15) is 12.8 Å². The second-order valence-corrected chi connectivity index (χ2v) is 8.13. The maximum Gasteiger partial charge on any atom is 0.236 e. The van der Waals surface area contributed by atoms with Gasteiger partial charge in [-0.25, -0.2) is 12.8 Å². The predicted octanol–water partition coefficient (Wildman–Crippen LogP) is 3.37. The number of anilines is 1. The number of hydrogen-bond acceptors (Lipinski definition) is 3. The van der Waals surface area contributed by atoms with Gasteiger partial charge in [0.05, 0.1) is 16.0 Å². The highest BCUT2D eigenvalue weighted by Crippen LogP contribution is 2.32. The van der Waals surface area contributed by atoms with Crippen molar-refractivity contribution in [2.24, 2.45) is 0 Å². The minimum atomic E-state index is -3.62. The van der Waals surface area contributed by atoms with Crippen LogP contribution >= 0.6 is 27.5 Å². The molecule has 0 aliphatic rings. The van der Waals surface area contributed by atoms with Crippen LogP contribution in [0.2, 0.25) is 5.02 Å². The molecule has 0 aromatic heterocycles. The van der Waals surface area contributed by atoms with Crippen LogP contribution in [-0.2, 0) is 10.0 Å². The van der Waals surface area contributed by atoms with Crippen molar-refractivity contribution in [1.29, 1.82) is 0 Å². The third-order valence-electron chi connectivity index (χ3n) is 2.59. The fourth-order valence-corrected chi connectivity index (χ4v) is 3.50. The molecule has 114 valence electrons. The fraction of sp³-hybridized carbons (Fsp3) is 0.500. The highest BCUT2D eigenvalue weighted by Gasteiger charge is 2.23. The first kappa shape index (κ1) is 17.7. The average molecular weight is 388 g/mol. The lowest BCUT2D eigenvalue weighted by molar-refractivity contribution is 0.553. The standard InChI is InChI=1S/C12H17BrClFN2O2S/c1-7(2)16-6-8(3)20(18,19)17-12-10(13)4-9(15)5-11(12)14/h4-5,7-8,16-17H,6H2,1-3H3. The lowest BCUT2D eigenvalue weighted by Gasteiger charge is -2.18. The Hall–Kier alpha value is -0.370.